The first kappa shape index (κ1) is 12.5. The molecule has 3 rings (SSSR count). The zero-order valence-electron chi connectivity index (χ0n) is 10.7. The van der Waals surface area contributed by atoms with E-state index < -0.39 is 4.92 Å². The van der Waals surface area contributed by atoms with Crippen molar-refractivity contribution >= 4 is 33.2 Å². The molecule has 20 heavy (non-hydrogen) atoms. The van der Waals surface area contributed by atoms with Gasteiger partial charge in [-0.3, -0.25) is 10.1 Å². The molecule has 7 nitrogen and oxygen atoms in total. The Balaban J connectivity index is 2.36. The SMILES string of the molecule is CN(C)c1nc(-c2ccco2)c2scc([N+](=O)[O-])c2n1. The van der Waals surface area contributed by atoms with Gasteiger partial charge in [0.25, 0.3) is 0 Å². The smallest absolute Gasteiger partial charge is 0.306 e. The number of aromatic nitrogens is 2. The summed E-state index contributed by atoms with van der Waals surface area (Å²) in [5.41, 5.74) is 0.898. The van der Waals surface area contributed by atoms with E-state index in [1.54, 1.807) is 37.4 Å². The first-order valence-corrected chi connectivity index (χ1v) is 6.60. The van der Waals surface area contributed by atoms with Crippen LogP contribution in [0.3, 0.4) is 0 Å². The molecule has 8 heteroatoms. The van der Waals surface area contributed by atoms with Gasteiger partial charge in [0, 0.05) is 14.1 Å². The van der Waals surface area contributed by atoms with Crippen LogP contribution in [-0.4, -0.2) is 29.0 Å². The molecule has 0 saturated heterocycles. The van der Waals surface area contributed by atoms with Gasteiger partial charge in [-0.05, 0) is 12.1 Å². The van der Waals surface area contributed by atoms with Gasteiger partial charge in [0.2, 0.25) is 5.95 Å². The average Bonchev–Trinajstić information content (AvgIpc) is 3.06. The molecule has 0 spiro atoms. The molecule has 0 bridgehead atoms. The number of furan rings is 1. The fourth-order valence-electron chi connectivity index (χ4n) is 1.80. The average molecular weight is 290 g/mol. The maximum absolute atomic E-state index is 11.1. The Labute approximate surface area is 117 Å². The molecule has 0 N–H and O–H groups in total. The quantitative estimate of drug-likeness (QED) is 0.544. The van der Waals surface area contributed by atoms with Crippen molar-refractivity contribution in [1.29, 1.82) is 0 Å². The highest BCUT2D eigenvalue weighted by molar-refractivity contribution is 7.18. The molecule has 0 aliphatic rings. The van der Waals surface area contributed by atoms with E-state index in [1.807, 2.05) is 0 Å². The third-order valence-electron chi connectivity index (χ3n) is 2.74. The maximum atomic E-state index is 11.1. The molecule has 0 atom stereocenters. The molecule has 3 aromatic heterocycles. The van der Waals surface area contributed by atoms with Crippen molar-refractivity contribution in [1.82, 2.24) is 9.97 Å². The summed E-state index contributed by atoms with van der Waals surface area (Å²) in [7, 11) is 3.57. The van der Waals surface area contributed by atoms with Crippen molar-refractivity contribution < 1.29 is 9.34 Å². The van der Waals surface area contributed by atoms with Gasteiger partial charge >= 0.3 is 5.69 Å². The van der Waals surface area contributed by atoms with Gasteiger partial charge in [-0.25, -0.2) is 9.97 Å². The van der Waals surface area contributed by atoms with Crippen LogP contribution in [0.2, 0.25) is 0 Å². The standard InChI is InChI=1S/C12H10N4O3S/c1-15(2)12-13-9-7(16(17)18)6-20-11(9)10(14-12)8-4-3-5-19-8/h3-6H,1-2H3. The Hall–Kier alpha value is -2.48. The summed E-state index contributed by atoms with van der Waals surface area (Å²) in [5, 5.41) is 12.5. The summed E-state index contributed by atoms with van der Waals surface area (Å²) in [6.45, 7) is 0. The van der Waals surface area contributed by atoms with Crippen LogP contribution in [-0.2, 0) is 0 Å². The van der Waals surface area contributed by atoms with Crippen molar-refractivity contribution in [2.45, 2.75) is 0 Å². The van der Waals surface area contributed by atoms with Crippen molar-refractivity contribution in [3.05, 3.63) is 33.9 Å². The van der Waals surface area contributed by atoms with E-state index in [4.69, 9.17) is 4.42 Å². The van der Waals surface area contributed by atoms with Gasteiger partial charge < -0.3 is 9.32 Å². The highest BCUT2D eigenvalue weighted by Gasteiger charge is 2.22. The van der Waals surface area contributed by atoms with E-state index >= 15 is 0 Å². The normalized spacial score (nSPS) is 10.9. The van der Waals surface area contributed by atoms with E-state index in [0.717, 1.165) is 0 Å². The summed E-state index contributed by atoms with van der Waals surface area (Å²) >= 11 is 1.24. The molecule has 0 saturated carbocycles. The minimum atomic E-state index is -0.433. The number of hydrogen-bond donors (Lipinski definition) is 0. The number of hydrogen-bond acceptors (Lipinski definition) is 7. The Kier molecular flexibility index (Phi) is 2.87. The Morgan fingerprint density at radius 3 is 2.80 bits per heavy atom. The monoisotopic (exact) mass is 290 g/mol. The van der Waals surface area contributed by atoms with Crippen molar-refractivity contribution in [2.24, 2.45) is 0 Å². The van der Waals surface area contributed by atoms with E-state index in [-0.39, 0.29) is 5.69 Å². The number of rotatable bonds is 3. The van der Waals surface area contributed by atoms with Crippen LogP contribution in [0.1, 0.15) is 0 Å². The van der Waals surface area contributed by atoms with Gasteiger partial charge in [-0.2, -0.15) is 0 Å². The molecular formula is C12H10N4O3S. The Bertz CT molecular complexity index is 779. The lowest BCUT2D eigenvalue weighted by Crippen LogP contribution is -2.13. The zero-order valence-corrected chi connectivity index (χ0v) is 11.5. The fourth-order valence-corrected chi connectivity index (χ4v) is 2.75. The number of anilines is 1. The predicted octanol–water partition coefficient (Wildman–Crippen LogP) is 2.93. The highest BCUT2D eigenvalue weighted by Crippen LogP contribution is 2.37. The molecule has 0 aromatic carbocycles. The molecule has 0 aliphatic heterocycles. The lowest BCUT2D eigenvalue weighted by atomic mass is 10.3. The summed E-state index contributed by atoms with van der Waals surface area (Å²) in [6.07, 6.45) is 1.54. The van der Waals surface area contributed by atoms with E-state index in [1.165, 1.54) is 16.7 Å². The Morgan fingerprint density at radius 1 is 1.40 bits per heavy atom. The van der Waals surface area contributed by atoms with E-state index in [0.29, 0.717) is 27.6 Å². The van der Waals surface area contributed by atoms with Crippen LogP contribution in [0.5, 0.6) is 0 Å². The van der Waals surface area contributed by atoms with Crippen LogP contribution < -0.4 is 4.90 Å². The minimum absolute atomic E-state index is 0.0108. The lowest BCUT2D eigenvalue weighted by molar-refractivity contribution is -0.382. The van der Waals surface area contributed by atoms with Crippen LogP contribution >= 0.6 is 11.3 Å². The van der Waals surface area contributed by atoms with Gasteiger partial charge in [-0.15, -0.1) is 11.3 Å². The number of thiophene rings is 1. The number of nitro groups is 1. The molecule has 0 aliphatic carbocycles. The topological polar surface area (TPSA) is 85.3 Å². The molecular weight excluding hydrogens is 280 g/mol. The van der Waals surface area contributed by atoms with Crippen LogP contribution in [0, 0.1) is 10.1 Å². The van der Waals surface area contributed by atoms with E-state index in [2.05, 4.69) is 9.97 Å². The van der Waals surface area contributed by atoms with Gasteiger partial charge in [0.05, 0.1) is 21.3 Å². The van der Waals surface area contributed by atoms with Gasteiger partial charge in [0.1, 0.15) is 5.69 Å². The fraction of sp³-hybridized carbons (Fsp3) is 0.167. The second-order valence-electron chi connectivity index (χ2n) is 4.30. The van der Waals surface area contributed by atoms with Crippen molar-refractivity contribution in [3.63, 3.8) is 0 Å². The van der Waals surface area contributed by atoms with Crippen LogP contribution in [0.15, 0.2) is 28.2 Å². The molecule has 3 heterocycles. The van der Waals surface area contributed by atoms with Crippen LogP contribution in [0.4, 0.5) is 11.6 Å². The minimum Gasteiger partial charge on any atom is -0.463 e. The molecule has 0 amide bonds. The molecule has 0 fully saturated rings. The summed E-state index contributed by atoms with van der Waals surface area (Å²) < 4.78 is 6.01. The van der Waals surface area contributed by atoms with Gasteiger partial charge in [-0.1, -0.05) is 0 Å². The molecule has 0 unspecified atom stereocenters. The summed E-state index contributed by atoms with van der Waals surface area (Å²) in [6, 6.07) is 3.52. The van der Waals surface area contributed by atoms with E-state index in [9.17, 15) is 10.1 Å². The second-order valence-corrected chi connectivity index (χ2v) is 5.18. The number of fused-ring (bicyclic) bond motifs is 1. The molecule has 3 aromatic rings. The van der Waals surface area contributed by atoms with Crippen molar-refractivity contribution in [2.75, 3.05) is 19.0 Å². The third-order valence-corrected chi connectivity index (χ3v) is 3.70. The third kappa shape index (κ3) is 1.90. The van der Waals surface area contributed by atoms with Crippen molar-refractivity contribution in [3.8, 4) is 11.5 Å². The first-order chi connectivity index (χ1) is 9.58. The summed E-state index contributed by atoms with van der Waals surface area (Å²) in [5.74, 6) is 0.975. The molecule has 102 valence electrons. The molecule has 0 radical (unpaired) electrons. The van der Waals surface area contributed by atoms with Crippen LogP contribution in [0.25, 0.3) is 21.7 Å². The number of nitrogens with zero attached hydrogens (tertiary/aromatic N) is 4. The largest absolute Gasteiger partial charge is 0.463 e. The summed E-state index contributed by atoms with van der Waals surface area (Å²) in [4.78, 5) is 21.0. The van der Waals surface area contributed by atoms with Gasteiger partial charge in [0.15, 0.2) is 11.3 Å². The lowest BCUT2D eigenvalue weighted by Gasteiger charge is -2.10. The first-order valence-electron chi connectivity index (χ1n) is 5.72. The predicted molar refractivity (Wildman–Crippen MR) is 76.1 cm³/mol. The Morgan fingerprint density at radius 2 is 2.20 bits per heavy atom. The zero-order chi connectivity index (χ0) is 14.3. The highest BCUT2D eigenvalue weighted by atomic mass is 32.1. The maximum Gasteiger partial charge on any atom is 0.306 e. The second kappa shape index (κ2) is 4.57.